The fraction of sp³-hybridized carbons (Fsp3) is 0.500. The Bertz CT molecular complexity index is 624. The topological polar surface area (TPSA) is 40.6 Å². The fourth-order valence-corrected chi connectivity index (χ4v) is 5.05. The van der Waals surface area contributed by atoms with Crippen molar-refractivity contribution in [3.8, 4) is 0 Å². The summed E-state index contributed by atoms with van der Waals surface area (Å²) in [5, 5.41) is 0. The summed E-state index contributed by atoms with van der Waals surface area (Å²) in [6.07, 6.45) is 1.40. The Hall–Kier alpha value is -1.01. The van der Waals surface area contributed by atoms with Gasteiger partial charge < -0.3 is 9.80 Å². The molecule has 2 amide bonds. The third kappa shape index (κ3) is 2.67. The van der Waals surface area contributed by atoms with E-state index in [9.17, 15) is 9.59 Å². The summed E-state index contributed by atoms with van der Waals surface area (Å²) in [5.74, 6) is 0.837. The molecule has 2 unspecified atom stereocenters. The Kier molecular flexibility index (Phi) is 4.25. The minimum Gasteiger partial charge on any atom is -0.340 e. The monoisotopic (exact) mass is 382 g/mol. The molecule has 1 aromatic carbocycles. The lowest BCUT2D eigenvalue weighted by Crippen LogP contribution is -2.50. The number of carbonyl (C=O) groups is 2. The molecule has 4 nitrogen and oxygen atoms in total. The lowest BCUT2D eigenvalue weighted by molar-refractivity contribution is -0.143. The van der Waals surface area contributed by atoms with Crippen LogP contribution < -0.4 is 0 Å². The van der Waals surface area contributed by atoms with Crippen molar-refractivity contribution < 1.29 is 9.59 Å². The molecule has 22 heavy (non-hydrogen) atoms. The number of amides is 2. The average Bonchev–Trinajstić information content (AvgIpc) is 2.98. The van der Waals surface area contributed by atoms with E-state index < -0.39 is 0 Å². The van der Waals surface area contributed by atoms with Gasteiger partial charge in [0.05, 0.1) is 4.87 Å². The second-order valence-corrected chi connectivity index (χ2v) is 8.41. The van der Waals surface area contributed by atoms with Crippen LogP contribution in [0.25, 0.3) is 0 Å². The van der Waals surface area contributed by atoms with E-state index in [4.69, 9.17) is 0 Å². The van der Waals surface area contributed by atoms with Crippen molar-refractivity contribution in [1.82, 2.24) is 9.80 Å². The first-order valence-electron chi connectivity index (χ1n) is 7.37. The normalized spacial score (nSPS) is 27.1. The predicted octanol–water partition coefficient (Wildman–Crippen LogP) is 2.86. The maximum atomic E-state index is 12.8. The number of likely N-dealkylation sites (N-methyl/N-ethyl adjacent to an activating group) is 1. The van der Waals surface area contributed by atoms with Crippen LogP contribution >= 0.6 is 27.7 Å². The smallest absolute Gasteiger partial charge is 0.246 e. The summed E-state index contributed by atoms with van der Waals surface area (Å²) in [6, 6.07) is 7.57. The van der Waals surface area contributed by atoms with Gasteiger partial charge in [0, 0.05) is 30.2 Å². The summed E-state index contributed by atoms with van der Waals surface area (Å²) >= 11 is 5.24. The van der Waals surface area contributed by atoms with Gasteiger partial charge in [0.15, 0.2) is 0 Å². The SMILES string of the molecule is CN(Cc1ccccc1Br)C(=O)C1CSC2(C)CCC(=O)N12. The third-order valence-corrected chi connectivity index (χ3v) is 6.75. The lowest BCUT2D eigenvalue weighted by Gasteiger charge is -2.32. The summed E-state index contributed by atoms with van der Waals surface area (Å²) in [7, 11) is 1.81. The quantitative estimate of drug-likeness (QED) is 0.806. The minimum absolute atomic E-state index is 0.0298. The number of thioether (sulfide) groups is 1. The zero-order chi connectivity index (χ0) is 15.9. The molecule has 0 bridgehead atoms. The van der Waals surface area contributed by atoms with Crippen LogP contribution in [-0.2, 0) is 16.1 Å². The third-order valence-electron chi connectivity index (χ3n) is 4.47. The van der Waals surface area contributed by atoms with Crippen LogP contribution in [0, 0.1) is 0 Å². The molecule has 2 aliphatic heterocycles. The first kappa shape index (κ1) is 15.9. The van der Waals surface area contributed by atoms with Gasteiger partial charge in [-0.05, 0) is 25.0 Å². The van der Waals surface area contributed by atoms with E-state index in [1.54, 1.807) is 16.7 Å². The van der Waals surface area contributed by atoms with Crippen LogP contribution in [0.5, 0.6) is 0 Å². The molecule has 118 valence electrons. The Morgan fingerprint density at radius 1 is 1.50 bits per heavy atom. The van der Waals surface area contributed by atoms with Crippen molar-refractivity contribution in [2.75, 3.05) is 12.8 Å². The zero-order valence-corrected chi connectivity index (χ0v) is 15.1. The summed E-state index contributed by atoms with van der Waals surface area (Å²) in [4.78, 5) is 28.3. The predicted molar refractivity (Wildman–Crippen MR) is 91.3 cm³/mol. The Balaban J connectivity index is 1.74. The fourth-order valence-electron chi connectivity index (χ4n) is 3.22. The van der Waals surface area contributed by atoms with Crippen molar-refractivity contribution >= 4 is 39.5 Å². The van der Waals surface area contributed by atoms with Gasteiger partial charge in [-0.15, -0.1) is 11.8 Å². The number of fused-ring (bicyclic) bond motifs is 1. The molecule has 1 aromatic rings. The molecule has 0 aliphatic carbocycles. The van der Waals surface area contributed by atoms with Gasteiger partial charge in [0.2, 0.25) is 11.8 Å². The summed E-state index contributed by atoms with van der Waals surface area (Å²) in [5.41, 5.74) is 1.07. The van der Waals surface area contributed by atoms with Gasteiger partial charge in [0.25, 0.3) is 0 Å². The van der Waals surface area contributed by atoms with Crippen molar-refractivity contribution in [3.63, 3.8) is 0 Å². The first-order valence-corrected chi connectivity index (χ1v) is 9.15. The highest BCUT2D eigenvalue weighted by Crippen LogP contribution is 2.47. The van der Waals surface area contributed by atoms with Crippen LogP contribution in [0.4, 0.5) is 0 Å². The first-order chi connectivity index (χ1) is 10.4. The number of hydrogen-bond donors (Lipinski definition) is 0. The average molecular weight is 383 g/mol. The number of hydrogen-bond acceptors (Lipinski definition) is 3. The van der Waals surface area contributed by atoms with Gasteiger partial charge >= 0.3 is 0 Å². The summed E-state index contributed by atoms with van der Waals surface area (Å²) < 4.78 is 0.998. The molecule has 2 atom stereocenters. The molecule has 0 N–H and O–H groups in total. The molecule has 0 spiro atoms. The van der Waals surface area contributed by atoms with Crippen LogP contribution in [-0.4, -0.2) is 45.3 Å². The van der Waals surface area contributed by atoms with E-state index in [1.165, 1.54) is 0 Å². The lowest BCUT2D eigenvalue weighted by atomic mass is 10.1. The van der Waals surface area contributed by atoms with Crippen LogP contribution in [0.2, 0.25) is 0 Å². The van der Waals surface area contributed by atoms with Gasteiger partial charge in [-0.2, -0.15) is 0 Å². The number of rotatable bonds is 3. The minimum atomic E-state index is -0.322. The number of benzene rings is 1. The Morgan fingerprint density at radius 2 is 2.23 bits per heavy atom. The molecule has 0 radical (unpaired) electrons. The molecule has 3 rings (SSSR count). The zero-order valence-electron chi connectivity index (χ0n) is 12.7. The Morgan fingerprint density at radius 3 is 2.95 bits per heavy atom. The van der Waals surface area contributed by atoms with E-state index in [1.807, 2.05) is 36.2 Å². The van der Waals surface area contributed by atoms with E-state index in [2.05, 4.69) is 22.9 Å². The second kappa shape index (κ2) is 5.89. The van der Waals surface area contributed by atoms with E-state index >= 15 is 0 Å². The van der Waals surface area contributed by atoms with Gasteiger partial charge in [-0.25, -0.2) is 0 Å². The van der Waals surface area contributed by atoms with Crippen LogP contribution in [0.3, 0.4) is 0 Å². The summed E-state index contributed by atoms with van der Waals surface area (Å²) in [6.45, 7) is 2.61. The molecular formula is C16H19BrN2O2S. The van der Waals surface area contributed by atoms with Crippen molar-refractivity contribution in [1.29, 1.82) is 0 Å². The van der Waals surface area contributed by atoms with Crippen LogP contribution in [0.1, 0.15) is 25.3 Å². The highest BCUT2D eigenvalue weighted by Gasteiger charge is 2.53. The van der Waals surface area contributed by atoms with Gasteiger partial charge in [-0.3, -0.25) is 9.59 Å². The number of halogens is 1. The van der Waals surface area contributed by atoms with Crippen molar-refractivity contribution in [2.24, 2.45) is 0 Å². The molecule has 2 aliphatic rings. The Labute approximate surface area is 143 Å². The largest absolute Gasteiger partial charge is 0.340 e. The van der Waals surface area contributed by atoms with Gasteiger partial charge in [0.1, 0.15) is 6.04 Å². The standard InChI is InChI=1S/C16H19BrN2O2S/c1-16-8-7-14(20)19(16)13(10-22-16)15(21)18(2)9-11-5-3-4-6-12(11)17/h3-6,13H,7-10H2,1-2H3. The molecule has 0 saturated carbocycles. The molecule has 2 fully saturated rings. The molecule has 6 heteroatoms. The molecular weight excluding hydrogens is 364 g/mol. The van der Waals surface area contributed by atoms with E-state index in [-0.39, 0.29) is 22.7 Å². The maximum Gasteiger partial charge on any atom is 0.246 e. The van der Waals surface area contributed by atoms with E-state index in [0.29, 0.717) is 18.7 Å². The van der Waals surface area contributed by atoms with Gasteiger partial charge in [-0.1, -0.05) is 34.1 Å². The molecule has 0 aromatic heterocycles. The highest BCUT2D eigenvalue weighted by atomic mass is 79.9. The number of carbonyl (C=O) groups excluding carboxylic acids is 2. The molecule has 2 heterocycles. The second-order valence-electron chi connectivity index (χ2n) is 6.05. The number of nitrogens with zero attached hydrogens (tertiary/aromatic N) is 2. The highest BCUT2D eigenvalue weighted by molar-refractivity contribution is 9.10. The van der Waals surface area contributed by atoms with Crippen molar-refractivity contribution in [2.45, 2.75) is 37.2 Å². The molecule has 2 saturated heterocycles. The van der Waals surface area contributed by atoms with Crippen molar-refractivity contribution in [3.05, 3.63) is 34.3 Å². The van der Waals surface area contributed by atoms with Crippen LogP contribution in [0.15, 0.2) is 28.7 Å². The van der Waals surface area contributed by atoms with E-state index in [0.717, 1.165) is 16.5 Å². The maximum absolute atomic E-state index is 12.8.